The van der Waals surface area contributed by atoms with E-state index in [2.05, 4.69) is 81.2 Å². The number of carbonyl (C=O) groups is 3. The number of carbonyl (C=O) groups excluding carboxylic acids is 3. The second-order valence-corrected chi connectivity index (χ2v) is 15.5. The Kier molecular flexibility index (Phi) is 41.4. The number of allylic oxidation sites excluding steroid dienone is 8. The highest BCUT2D eigenvalue weighted by atomic mass is 16.6. The molecule has 0 aliphatic rings. The maximum Gasteiger partial charge on any atom is 0.307 e. The Hall–Kier alpha value is -2.67. The average Bonchev–Trinajstić information content (AvgIpc) is 3.19. The van der Waals surface area contributed by atoms with Gasteiger partial charge in [0, 0.05) is 19.4 Å². The van der Waals surface area contributed by atoms with Crippen molar-refractivity contribution in [2.45, 2.75) is 201 Å². The molecule has 0 saturated carbocycles. The molecule has 7 nitrogen and oxygen atoms in total. The first-order valence-corrected chi connectivity index (χ1v) is 23.3. The van der Waals surface area contributed by atoms with Crippen LogP contribution in [0, 0.1) is 5.92 Å². The molecule has 0 aromatic carbocycles. The Morgan fingerprint density at radius 1 is 0.393 bits per heavy atom. The van der Waals surface area contributed by atoms with Gasteiger partial charge in [0.2, 0.25) is 0 Å². The van der Waals surface area contributed by atoms with Crippen molar-refractivity contribution in [2.24, 2.45) is 5.92 Å². The summed E-state index contributed by atoms with van der Waals surface area (Å²) < 4.78 is 16.8. The molecule has 0 bridgehead atoms. The van der Waals surface area contributed by atoms with E-state index in [1.807, 2.05) is 0 Å². The molecule has 0 spiro atoms. The maximum atomic E-state index is 12.6. The summed E-state index contributed by atoms with van der Waals surface area (Å²) in [6.07, 6.45) is 46.2. The Bertz CT molecular complexity index is 950. The van der Waals surface area contributed by atoms with Crippen LogP contribution in [-0.4, -0.2) is 62.3 Å². The number of hydrogen-bond acceptors (Lipinski definition) is 7. The van der Waals surface area contributed by atoms with E-state index in [1.54, 1.807) is 0 Å². The summed E-state index contributed by atoms with van der Waals surface area (Å²) in [6, 6.07) is 0. The number of ether oxygens (including phenoxy) is 3. The number of rotatable bonds is 41. The molecule has 0 aliphatic heterocycles. The Balaban J connectivity index is 4.42. The molecular formula is C49H87NO6. The molecule has 56 heavy (non-hydrogen) atoms. The average molecular weight is 786 g/mol. The van der Waals surface area contributed by atoms with Crippen LogP contribution in [0.3, 0.4) is 0 Å². The van der Waals surface area contributed by atoms with Crippen molar-refractivity contribution in [3.05, 3.63) is 48.6 Å². The number of nitrogens with zero attached hydrogens (tertiary/aromatic N) is 1. The van der Waals surface area contributed by atoms with E-state index in [1.165, 1.54) is 64.2 Å². The van der Waals surface area contributed by atoms with Crippen molar-refractivity contribution in [1.82, 2.24) is 4.90 Å². The van der Waals surface area contributed by atoms with E-state index in [0.29, 0.717) is 25.8 Å². The maximum absolute atomic E-state index is 12.6. The van der Waals surface area contributed by atoms with Crippen LogP contribution in [-0.2, 0) is 28.6 Å². The van der Waals surface area contributed by atoms with Gasteiger partial charge in [0.05, 0.1) is 12.3 Å². The Morgan fingerprint density at radius 2 is 0.732 bits per heavy atom. The molecule has 0 unspecified atom stereocenters. The van der Waals surface area contributed by atoms with E-state index in [4.69, 9.17) is 14.2 Å². The van der Waals surface area contributed by atoms with E-state index in [-0.39, 0.29) is 43.6 Å². The van der Waals surface area contributed by atoms with E-state index < -0.39 is 0 Å². The Morgan fingerprint density at radius 3 is 1.11 bits per heavy atom. The van der Waals surface area contributed by atoms with E-state index in [9.17, 15) is 14.4 Å². The van der Waals surface area contributed by atoms with Crippen molar-refractivity contribution in [3.8, 4) is 0 Å². The van der Waals surface area contributed by atoms with Gasteiger partial charge in [0.25, 0.3) is 0 Å². The van der Waals surface area contributed by atoms with Crippen LogP contribution < -0.4 is 0 Å². The van der Waals surface area contributed by atoms with Gasteiger partial charge in [0.15, 0.2) is 0 Å². The van der Waals surface area contributed by atoms with Crippen molar-refractivity contribution in [2.75, 3.05) is 39.5 Å². The normalized spacial score (nSPS) is 12.0. The summed E-state index contributed by atoms with van der Waals surface area (Å²) in [5.74, 6) is -1.17. The highest BCUT2D eigenvalue weighted by Crippen LogP contribution is 2.12. The van der Waals surface area contributed by atoms with Gasteiger partial charge < -0.3 is 19.1 Å². The molecule has 0 aliphatic carbocycles. The first kappa shape index (κ1) is 53.3. The third kappa shape index (κ3) is 39.6. The van der Waals surface area contributed by atoms with Crippen molar-refractivity contribution >= 4 is 17.9 Å². The summed E-state index contributed by atoms with van der Waals surface area (Å²) in [6.45, 7) is 11.5. The number of esters is 3. The SMILES string of the molecule is CCCCC/C=C\C/C=C\CCCCCCCC(=O)OCC(COC(=O)CCCCCCC/C=C\C/C=C\CCCCC)COC(=O)CCN(CCC)CCC. The molecule has 0 aromatic rings. The van der Waals surface area contributed by atoms with E-state index in [0.717, 1.165) is 103 Å². The summed E-state index contributed by atoms with van der Waals surface area (Å²) in [7, 11) is 0. The molecule has 324 valence electrons. The number of unbranched alkanes of at least 4 members (excludes halogenated alkanes) is 16. The van der Waals surface area contributed by atoms with Gasteiger partial charge in [-0.1, -0.05) is 141 Å². The van der Waals surface area contributed by atoms with E-state index >= 15 is 0 Å². The van der Waals surface area contributed by atoms with Crippen LogP contribution in [0.5, 0.6) is 0 Å². The molecule has 0 radical (unpaired) electrons. The fourth-order valence-corrected chi connectivity index (χ4v) is 6.37. The topological polar surface area (TPSA) is 82.1 Å². The summed E-state index contributed by atoms with van der Waals surface area (Å²) >= 11 is 0. The predicted octanol–water partition coefficient (Wildman–Crippen LogP) is 13.4. The zero-order valence-electron chi connectivity index (χ0n) is 36.9. The first-order chi connectivity index (χ1) is 27.5. The van der Waals surface area contributed by atoms with Crippen LogP contribution >= 0.6 is 0 Å². The van der Waals surface area contributed by atoms with Crippen LogP contribution in [0.4, 0.5) is 0 Å². The zero-order valence-corrected chi connectivity index (χ0v) is 36.9. The van der Waals surface area contributed by atoms with Crippen molar-refractivity contribution < 1.29 is 28.6 Å². The van der Waals surface area contributed by atoms with Gasteiger partial charge >= 0.3 is 17.9 Å². The second-order valence-electron chi connectivity index (χ2n) is 15.5. The minimum absolute atomic E-state index is 0.0638. The van der Waals surface area contributed by atoms with Gasteiger partial charge in [-0.3, -0.25) is 14.4 Å². The Labute approximate surface area is 345 Å². The largest absolute Gasteiger partial charge is 0.465 e. The zero-order chi connectivity index (χ0) is 41.0. The van der Waals surface area contributed by atoms with Gasteiger partial charge in [-0.25, -0.2) is 0 Å². The first-order valence-electron chi connectivity index (χ1n) is 23.3. The third-order valence-electron chi connectivity index (χ3n) is 9.81. The van der Waals surface area contributed by atoms with Crippen molar-refractivity contribution in [1.29, 1.82) is 0 Å². The molecule has 0 aromatic heterocycles. The summed E-state index contributed by atoms with van der Waals surface area (Å²) in [5.41, 5.74) is 0. The lowest BCUT2D eigenvalue weighted by molar-refractivity contribution is -0.153. The fraction of sp³-hybridized carbons (Fsp3) is 0.776. The van der Waals surface area contributed by atoms with Crippen LogP contribution in [0.25, 0.3) is 0 Å². The molecule has 0 N–H and O–H groups in total. The molecule has 0 heterocycles. The summed E-state index contributed by atoms with van der Waals surface area (Å²) in [4.78, 5) is 40.0. The van der Waals surface area contributed by atoms with Crippen molar-refractivity contribution in [3.63, 3.8) is 0 Å². The van der Waals surface area contributed by atoms with Gasteiger partial charge in [-0.05, 0) is 103 Å². The third-order valence-corrected chi connectivity index (χ3v) is 9.81. The second kappa shape index (κ2) is 43.5. The number of hydrogen-bond donors (Lipinski definition) is 0. The molecule has 0 saturated heterocycles. The highest BCUT2D eigenvalue weighted by molar-refractivity contribution is 5.70. The molecular weight excluding hydrogens is 699 g/mol. The highest BCUT2D eigenvalue weighted by Gasteiger charge is 2.18. The minimum atomic E-state index is -0.386. The predicted molar refractivity (Wildman–Crippen MR) is 237 cm³/mol. The van der Waals surface area contributed by atoms with Gasteiger partial charge in [0.1, 0.15) is 19.8 Å². The molecule has 7 heteroatoms. The van der Waals surface area contributed by atoms with Crippen LogP contribution in [0.1, 0.15) is 201 Å². The lowest BCUT2D eigenvalue weighted by Crippen LogP contribution is -2.30. The standard InChI is InChI=1S/C49H87NO6/c1-5-9-11-13-15-17-19-21-23-25-27-29-31-33-35-37-47(51)54-43-46(45-56-49(53)39-42-50(40-7-3)41-8-4)44-55-48(52)38-36-34-32-30-28-26-24-22-20-18-16-14-12-10-6-2/h15-18,21-24,46H,5-14,19-20,25-45H2,1-4H3/b17-15-,18-16-,23-21-,24-22-. The van der Waals surface area contributed by atoms with Gasteiger partial charge in [-0.15, -0.1) is 0 Å². The lowest BCUT2D eigenvalue weighted by Gasteiger charge is -2.21. The quantitative estimate of drug-likeness (QED) is 0.0264. The molecule has 0 atom stereocenters. The summed E-state index contributed by atoms with van der Waals surface area (Å²) in [5, 5.41) is 0. The minimum Gasteiger partial charge on any atom is -0.465 e. The monoisotopic (exact) mass is 786 g/mol. The molecule has 0 rings (SSSR count). The smallest absolute Gasteiger partial charge is 0.307 e. The van der Waals surface area contributed by atoms with Gasteiger partial charge in [-0.2, -0.15) is 0 Å². The molecule has 0 fully saturated rings. The van der Waals surface area contributed by atoms with Crippen LogP contribution in [0.15, 0.2) is 48.6 Å². The lowest BCUT2D eigenvalue weighted by atomic mass is 10.1. The fourth-order valence-electron chi connectivity index (χ4n) is 6.37. The van der Waals surface area contributed by atoms with Crippen LogP contribution in [0.2, 0.25) is 0 Å². The molecule has 0 amide bonds.